The molecule has 3 atom stereocenters. The Morgan fingerprint density at radius 3 is 2.29 bits per heavy atom. The predicted molar refractivity (Wildman–Crippen MR) is 157 cm³/mol. The van der Waals surface area contributed by atoms with Crippen molar-refractivity contribution in [1.82, 2.24) is 30.2 Å². The van der Waals surface area contributed by atoms with Crippen LogP contribution < -0.4 is 15.5 Å². The second kappa shape index (κ2) is 12.9. The Morgan fingerprint density at radius 2 is 1.63 bits per heavy atom. The number of Topliss-reactive ketones (excluding diaryl/α,β-unsaturated/α-hetero) is 1. The van der Waals surface area contributed by atoms with Crippen LogP contribution in [0.2, 0.25) is 0 Å². The van der Waals surface area contributed by atoms with E-state index >= 15 is 0 Å². The van der Waals surface area contributed by atoms with E-state index in [9.17, 15) is 19.2 Å². The largest absolute Gasteiger partial charge is 0.369 e. The molecule has 0 radical (unpaired) electrons. The minimum Gasteiger partial charge on any atom is -0.369 e. The van der Waals surface area contributed by atoms with Crippen molar-refractivity contribution in [1.29, 1.82) is 0 Å². The maximum atomic E-state index is 13.8. The highest BCUT2D eigenvalue weighted by Crippen LogP contribution is 2.31. The molecule has 1 aromatic rings. The predicted octanol–water partition coefficient (Wildman–Crippen LogP) is -0.131. The number of nitrogens with zero attached hydrogens (tertiary/aromatic N) is 5. The lowest BCUT2D eigenvalue weighted by Gasteiger charge is -2.34. The topological polar surface area (TPSA) is 109 Å². The number of piperazine rings is 2. The van der Waals surface area contributed by atoms with Crippen LogP contribution in [0.15, 0.2) is 24.3 Å². The minimum absolute atomic E-state index is 0.0465. The van der Waals surface area contributed by atoms with E-state index in [0.29, 0.717) is 31.5 Å². The van der Waals surface area contributed by atoms with E-state index in [0.717, 1.165) is 58.0 Å². The van der Waals surface area contributed by atoms with Crippen molar-refractivity contribution in [2.75, 3.05) is 83.9 Å². The standard InChI is InChI=1S/C30H45N7O4/c1-21(2)18-24(32-29(40)22-4-6-23(7-5-22)35-16-14-33(3)15-17-35)30(41)36-11-8-25-28(36)26(38)19-37(25)27(39)20-34-12-9-31-10-13-34/h4-7,21,24-25,28,31H,8-20H2,1-3H3,(H,32,40). The fourth-order valence-electron chi connectivity index (χ4n) is 6.56. The number of nitrogens with one attached hydrogen (secondary N) is 2. The molecule has 0 aromatic heterocycles. The summed E-state index contributed by atoms with van der Waals surface area (Å²) in [5, 5.41) is 6.26. The van der Waals surface area contributed by atoms with Gasteiger partial charge in [0, 0.05) is 70.2 Å². The summed E-state index contributed by atoms with van der Waals surface area (Å²) in [6.45, 7) is 12.0. The zero-order chi connectivity index (χ0) is 29.1. The van der Waals surface area contributed by atoms with Crippen LogP contribution in [0.5, 0.6) is 0 Å². The van der Waals surface area contributed by atoms with E-state index in [1.807, 2.05) is 38.1 Å². The monoisotopic (exact) mass is 567 g/mol. The number of hydrogen-bond donors (Lipinski definition) is 2. The fraction of sp³-hybridized carbons (Fsp3) is 0.667. The highest BCUT2D eigenvalue weighted by atomic mass is 16.2. The first-order chi connectivity index (χ1) is 19.7. The molecule has 4 fully saturated rings. The van der Waals surface area contributed by atoms with Crippen molar-refractivity contribution in [3.05, 3.63) is 29.8 Å². The van der Waals surface area contributed by atoms with E-state index in [1.54, 1.807) is 9.80 Å². The number of hydrogen-bond acceptors (Lipinski definition) is 8. The van der Waals surface area contributed by atoms with Crippen molar-refractivity contribution >= 4 is 29.2 Å². The summed E-state index contributed by atoms with van der Waals surface area (Å²) in [5.74, 6) is -0.509. The molecule has 0 aliphatic carbocycles. The Hall–Kier alpha value is -3.02. The highest BCUT2D eigenvalue weighted by molar-refractivity contribution is 6.01. The van der Waals surface area contributed by atoms with Crippen LogP contribution in [0.3, 0.4) is 0 Å². The van der Waals surface area contributed by atoms with Gasteiger partial charge in [0.15, 0.2) is 5.78 Å². The third-order valence-corrected chi connectivity index (χ3v) is 8.90. The smallest absolute Gasteiger partial charge is 0.251 e. The van der Waals surface area contributed by atoms with Gasteiger partial charge in [0.2, 0.25) is 11.8 Å². The van der Waals surface area contributed by atoms with Gasteiger partial charge in [0.25, 0.3) is 5.91 Å². The lowest BCUT2D eigenvalue weighted by molar-refractivity contribution is -0.138. The molecule has 41 heavy (non-hydrogen) atoms. The molecule has 0 spiro atoms. The molecule has 0 bridgehead atoms. The first-order valence-corrected chi connectivity index (χ1v) is 15.1. The quantitative estimate of drug-likeness (QED) is 0.448. The van der Waals surface area contributed by atoms with Crippen molar-refractivity contribution in [2.45, 2.75) is 44.8 Å². The fourth-order valence-corrected chi connectivity index (χ4v) is 6.56. The number of carbonyl (C=O) groups is 4. The van der Waals surface area contributed by atoms with Crippen LogP contribution in [0.4, 0.5) is 5.69 Å². The number of likely N-dealkylation sites (tertiary alicyclic amines) is 2. The lowest BCUT2D eigenvalue weighted by Crippen LogP contribution is -2.53. The van der Waals surface area contributed by atoms with Crippen LogP contribution in [0.25, 0.3) is 0 Å². The number of likely N-dealkylation sites (N-methyl/N-ethyl adjacent to an activating group) is 1. The molecular weight excluding hydrogens is 522 g/mol. The Bertz CT molecular complexity index is 1110. The van der Waals surface area contributed by atoms with Gasteiger partial charge in [0.1, 0.15) is 12.1 Å². The Morgan fingerprint density at radius 1 is 0.951 bits per heavy atom. The first-order valence-electron chi connectivity index (χ1n) is 15.1. The van der Waals surface area contributed by atoms with Gasteiger partial charge >= 0.3 is 0 Å². The molecule has 4 heterocycles. The van der Waals surface area contributed by atoms with Gasteiger partial charge < -0.3 is 30.2 Å². The van der Waals surface area contributed by atoms with E-state index in [4.69, 9.17) is 0 Å². The molecule has 11 heteroatoms. The van der Waals surface area contributed by atoms with Crippen LogP contribution >= 0.6 is 0 Å². The Balaban J connectivity index is 1.22. The third kappa shape index (κ3) is 6.73. The number of fused-ring (bicyclic) bond motifs is 1. The van der Waals surface area contributed by atoms with Gasteiger partial charge in [-0.15, -0.1) is 0 Å². The summed E-state index contributed by atoms with van der Waals surface area (Å²) in [6, 6.07) is 5.89. The summed E-state index contributed by atoms with van der Waals surface area (Å²) in [6.07, 6.45) is 1.04. The van der Waals surface area contributed by atoms with Crippen molar-refractivity contribution in [2.24, 2.45) is 5.92 Å². The van der Waals surface area contributed by atoms with Crippen molar-refractivity contribution < 1.29 is 19.2 Å². The normalized spacial score (nSPS) is 24.6. The lowest BCUT2D eigenvalue weighted by atomic mass is 10.0. The van der Waals surface area contributed by atoms with Gasteiger partial charge in [-0.25, -0.2) is 0 Å². The molecule has 2 N–H and O–H groups in total. The molecule has 5 rings (SSSR count). The zero-order valence-electron chi connectivity index (χ0n) is 24.7. The second-order valence-corrected chi connectivity index (χ2v) is 12.3. The van der Waals surface area contributed by atoms with Crippen LogP contribution in [-0.2, 0) is 14.4 Å². The number of amides is 3. The first kappa shape index (κ1) is 29.5. The summed E-state index contributed by atoms with van der Waals surface area (Å²) in [4.78, 5) is 63.4. The summed E-state index contributed by atoms with van der Waals surface area (Å²) < 4.78 is 0. The molecule has 4 saturated heterocycles. The molecule has 3 unspecified atom stereocenters. The van der Waals surface area contributed by atoms with E-state index in [1.165, 1.54) is 0 Å². The van der Waals surface area contributed by atoms with E-state index < -0.39 is 12.1 Å². The molecule has 11 nitrogen and oxygen atoms in total. The van der Waals surface area contributed by atoms with Gasteiger partial charge in [-0.2, -0.15) is 0 Å². The number of ketones is 1. The SMILES string of the molecule is CC(C)CC(NC(=O)c1ccc(N2CCN(C)CC2)cc1)C(=O)N1CCC2C1C(=O)CN2C(=O)CN1CCNCC1. The van der Waals surface area contributed by atoms with Gasteiger partial charge in [-0.05, 0) is 50.1 Å². The maximum Gasteiger partial charge on any atom is 0.251 e. The van der Waals surface area contributed by atoms with Crippen molar-refractivity contribution in [3.8, 4) is 0 Å². The number of benzene rings is 1. The zero-order valence-corrected chi connectivity index (χ0v) is 24.7. The molecule has 4 aliphatic rings. The molecular formula is C30H45N7O4. The maximum absolute atomic E-state index is 13.8. The molecule has 4 aliphatic heterocycles. The van der Waals surface area contributed by atoms with Crippen LogP contribution in [0.1, 0.15) is 37.0 Å². The van der Waals surface area contributed by atoms with Gasteiger partial charge in [-0.1, -0.05) is 13.8 Å². The van der Waals surface area contributed by atoms with Crippen molar-refractivity contribution in [3.63, 3.8) is 0 Å². The number of anilines is 1. The second-order valence-electron chi connectivity index (χ2n) is 12.3. The van der Waals surface area contributed by atoms with Gasteiger partial charge in [-0.3, -0.25) is 24.1 Å². The average molecular weight is 568 g/mol. The molecule has 224 valence electrons. The molecule has 0 saturated carbocycles. The van der Waals surface area contributed by atoms with E-state index in [-0.39, 0.29) is 42.0 Å². The molecule has 3 amide bonds. The number of rotatable bonds is 8. The Kier molecular flexibility index (Phi) is 9.25. The average Bonchev–Trinajstić information content (AvgIpc) is 3.54. The van der Waals surface area contributed by atoms with Crippen LogP contribution in [0, 0.1) is 5.92 Å². The highest BCUT2D eigenvalue weighted by Gasteiger charge is 2.52. The molecule has 1 aromatic carbocycles. The Labute approximate surface area is 243 Å². The van der Waals surface area contributed by atoms with Gasteiger partial charge in [0.05, 0.1) is 19.1 Å². The van der Waals surface area contributed by atoms with E-state index in [2.05, 4.69) is 32.4 Å². The summed E-state index contributed by atoms with van der Waals surface area (Å²) in [7, 11) is 2.12. The summed E-state index contributed by atoms with van der Waals surface area (Å²) in [5.41, 5.74) is 1.59. The number of carbonyl (C=O) groups excluding carboxylic acids is 4. The minimum atomic E-state index is -0.739. The van der Waals surface area contributed by atoms with Crippen LogP contribution in [-0.4, -0.2) is 140 Å². The summed E-state index contributed by atoms with van der Waals surface area (Å²) >= 11 is 0. The third-order valence-electron chi connectivity index (χ3n) is 8.90.